The van der Waals surface area contributed by atoms with Gasteiger partial charge in [0.05, 0.1) is 0 Å². The van der Waals surface area contributed by atoms with Gasteiger partial charge in [0, 0.05) is 6.04 Å². The van der Waals surface area contributed by atoms with E-state index in [4.69, 9.17) is 0 Å². The molecule has 0 amide bonds. The molecule has 0 aromatic heterocycles. The number of nitrogens with one attached hydrogen (secondary N) is 1. The van der Waals surface area contributed by atoms with Gasteiger partial charge in [-0.1, -0.05) is 50.1 Å². The highest BCUT2D eigenvalue weighted by molar-refractivity contribution is 5.21. The Morgan fingerprint density at radius 1 is 1.00 bits per heavy atom. The molecule has 0 radical (unpaired) electrons. The molecule has 1 heteroatoms. The highest BCUT2D eigenvalue weighted by Crippen LogP contribution is 2.41. The molecule has 1 atom stereocenters. The van der Waals surface area contributed by atoms with Crippen LogP contribution in [0.15, 0.2) is 30.3 Å². The molecule has 1 unspecified atom stereocenters. The third-order valence-electron chi connectivity index (χ3n) is 5.01. The van der Waals surface area contributed by atoms with Crippen molar-refractivity contribution >= 4 is 0 Å². The van der Waals surface area contributed by atoms with Gasteiger partial charge < -0.3 is 5.32 Å². The summed E-state index contributed by atoms with van der Waals surface area (Å²) in [4.78, 5) is 0. The smallest absolute Gasteiger partial charge is 0.0348 e. The largest absolute Gasteiger partial charge is 0.309 e. The van der Waals surface area contributed by atoms with Gasteiger partial charge in [0.2, 0.25) is 0 Å². The van der Waals surface area contributed by atoms with E-state index >= 15 is 0 Å². The van der Waals surface area contributed by atoms with Crippen LogP contribution >= 0.6 is 0 Å². The highest BCUT2D eigenvalue weighted by Gasteiger charge is 2.32. The summed E-state index contributed by atoms with van der Waals surface area (Å²) < 4.78 is 0. The Morgan fingerprint density at radius 3 is 2.32 bits per heavy atom. The number of hydrogen-bond acceptors (Lipinski definition) is 1. The Morgan fingerprint density at radius 2 is 1.68 bits per heavy atom. The van der Waals surface area contributed by atoms with Crippen LogP contribution < -0.4 is 5.32 Å². The summed E-state index contributed by atoms with van der Waals surface area (Å²) in [5.74, 6) is 2.77. The monoisotopic (exact) mass is 257 g/mol. The molecule has 1 aromatic rings. The van der Waals surface area contributed by atoms with Gasteiger partial charge in [-0.25, -0.2) is 0 Å². The van der Waals surface area contributed by atoms with E-state index in [0.29, 0.717) is 6.04 Å². The molecule has 0 spiro atoms. The van der Waals surface area contributed by atoms with Crippen LogP contribution in [-0.2, 0) is 0 Å². The molecule has 2 saturated carbocycles. The maximum Gasteiger partial charge on any atom is 0.0348 e. The van der Waals surface area contributed by atoms with E-state index in [1.165, 1.54) is 50.6 Å². The Kier molecular flexibility index (Phi) is 4.22. The molecule has 0 aliphatic heterocycles. The first-order chi connectivity index (χ1) is 9.33. The first-order valence-corrected chi connectivity index (χ1v) is 8.11. The zero-order chi connectivity index (χ0) is 13.1. The Balaban J connectivity index is 1.54. The molecule has 0 saturated heterocycles. The molecule has 19 heavy (non-hydrogen) atoms. The molecule has 1 nitrogen and oxygen atoms in total. The van der Waals surface area contributed by atoms with Gasteiger partial charge in [-0.15, -0.1) is 0 Å². The van der Waals surface area contributed by atoms with E-state index in [2.05, 4.69) is 42.6 Å². The summed E-state index contributed by atoms with van der Waals surface area (Å²) in [6.45, 7) is 3.63. The van der Waals surface area contributed by atoms with Crippen LogP contribution in [0.4, 0.5) is 0 Å². The molecule has 104 valence electrons. The van der Waals surface area contributed by atoms with Gasteiger partial charge >= 0.3 is 0 Å². The van der Waals surface area contributed by atoms with Gasteiger partial charge in [0.15, 0.2) is 0 Å². The molecule has 2 fully saturated rings. The Hall–Kier alpha value is -0.820. The van der Waals surface area contributed by atoms with Crippen molar-refractivity contribution in [2.45, 2.75) is 51.5 Å². The van der Waals surface area contributed by atoms with Crippen molar-refractivity contribution in [1.29, 1.82) is 0 Å². The average molecular weight is 257 g/mol. The summed E-state index contributed by atoms with van der Waals surface area (Å²) in [6.07, 6.45) is 8.56. The fourth-order valence-corrected chi connectivity index (χ4v) is 3.47. The topological polar surface area (TPSA) is 12.0 Å². The van der Waals surface area contributed by atoms with Crippen molar-refractivity contribution in [2.75, 3.05) is 6.54 Å². The molecule has 1 N–H and O–H groups in total. The van der Waals surface area contributed by atoms with Gasteiger partial charge in [-0.3, -0.25) is 0 Å². The SMILES string of the molecule is CC1CCC(CNC(c2ccccc2)C2CC2)CC1. The van der Waals surface area contributed by atoms with Crippen molar-refractivity contribution in [3.05, 3.63) is 35.9 Å². The minimum absolute atomic E-state index is 0.612. The second-order valence-electron chi connectivity index (χ2n) is 6.76. The van der Waals surface area contributed by atoms with Crippen LogP contribution in [0.25, 0.3) is 0 Å². The first-order valence-electron chi connectivity index (χ1n) is 8.11. The normalized spacial score (nSPS) is 29.1. The van der Waals surface area contributed by atoms with E-state index in [9.17, 15) is 0 Å². The van der Waals surface area contributed by atoms with Gasteiger partial charge in [-0.05, 0) is 55.5 Å². The van der Waals surface area contributed by atoms with E-state index in [0.717, 1.165) is 17.8 Å². The van der Waals surface area contributed by atoms with Crippen LogP contribution in [0.3, 0.4) is 0 Å². The fraction of sp³-hybridized carbons (Fsp3) is 0.667. The second-order valence-corrected chi connectivity index (χ2v) is 6.76. The minimum atomic E-state index is 0.612. The van der Waals surface area contributed by atoms with E-state index in [1.807, 2.05) is 0 Å². The maximum absolute atomic E-state index is 3.88. The fourth-order valence-electron chi connectivity index (χ4n) is 3.47. The third-order valence-corrected chi connectivity index (χ3v) is 5.01. The average Bonchev–Trinajstić information content (AvgIpc) is 3.27. The second kappa shape index (κ2) is 6.09. The Labute approximate surface area is 117 Å². The van der Waals surface area contributed by atoms with Crippen LogP contribution in [0.5, 0.6) is 0 Å². The first kappa shape index (κ1) is 13.2. The maximum atomic E-state index is 3.88. The summed E-state index contributed by atoms with van der Waals surface area (Å²) >= 11 is 0. The lowest BCUT2D eigenvalue weighted by molar-refractivity contribution is 0.270. The molecule has 0 heterocycles. The molecule has 1 aromatic carbocycles. The van der Waals surface area contributed by atoms with Gasteiger partial charge in [0.25, 0.3) is 0 Å². The van der Waals surface area contributed by atoms with E-state index < -0.39 is 0 Å². The summed E-state index contributed by atoms with van der Waals surface area (Å²) in [5, 5.41) is 3.88. The molecular formula is C18H27N. The number of hydrogen-bond donors (Lipinski definition) is 1. The number of benzene rings is 1. The lowest BCUT2D eigenvalue weighted by Crippen LogP contribution is -2.30. The number of rotatable bonds is 5. The third kappa shape index (κ3) is 3.60. The molecule has 2 aliphatic carbocycles. The zero-order valence-corrected chi connectivity index (χ0v) is 12.1. The van der Waals surface area contributed by atoms with Gasteiger partial charge in [0.1, 0.15) is 0 Å². The van der Waals surface area contributed by atoms with Gasteiger partial charge in [-0.2, -0.15) is 0 Å². The Bertz CT molecular complexity index is 374. The quantitative estimate of drug-likeness (QED) is 0.815. The van der Waals surface area contributed by atoms with Crippen molar-refractivity contribution in [2.24, 2.45) is 17.8 Å². The van der Waals surface area contributed by atoms with Crippen molar-refractivity contribution in [1.82, 2.24) is 5.32 Å². The zero-order valence-electron chi connectivity index (χ0n) is 12.1. The predicted molar refractivity (Wildman–Crippen MR) is 81.0 cm³/mol. The predicted octanol–water partition coefficient (Wildman–Crippen LogP) is 4.55. The lowest BCUT2D eigenvalue weighted by Gasteiger charge is -2.28. The highest BCUT2D eigenvalue weighted by atomic mass is 14.9. The van der Waals surface area contributed by atoms with E-state index in [-0.39, 0.29) is 0 Å². The van der Waals surface area contributed by atoms with Crippen LogP contribution in [0.1, 0.15) is 57.1 Å². The van der Waals surface area contributed by atoms with Crippen molar-refractivity contribution < 1.29 is 0 Å². The van der Waals surface area contributed by atoms with Crippen LogP contribution in [-0.4, -0.2) is 6.54 Å². The molecular weight excluding hydrogens is 230 g/mol. The van der Waals surface area contributed by atoms with Crippen LogP contribution in [0.2, 0.25) is 0 Å². The summed E-state index contributed by atoms with van der Waals surface area (Å²) in [5.41, 5.74) is 1.49. The van der Waals surface area contributed by atoms with E-state index in [1.54, 1.807) is 0 Å². The van der Waals surface area contributed by atoms with Crippen molar-refractivity contribution in [3.8, 4) is 0 Å². The summed E-state index contributed by atoms with van der Waals surface area (Å²) in [6, 6.07) is 11.7. The lowest BCUT2D eigenvalue weighted by atomic mass is 9.83. The standard InChI is InChI=1S/C18H27N/c1-14-7-9-15(10-8-14)13-19-18(17-11-12-17)16-5-3-2-4-6-16/h2-6,14-15,17-19H,7-13H2,1H3. The molecule has 2 aliphatic rings. The minimum Gasteiger partial charge on any atom is -0.309 e. The molecule has 3 rings (SSSR count). The summed E-state index contributed by atoms with van der Waals surface area (Å²) in [7, 11) is 0. The van der Waals surface area contributed by atoms with Crippen LogP contribution in [0, 0.1) is 17.8 Å². The van der Waals surface area contributed by atoms with Crippen molar-refractivity contribution in [3.63, 3.8) is 0 Å². The molecule has 0 bridgehead atoms.